The average Bonchev–Trinajstić information content (AvgIpc) is 2.95. The lowest BCUT2D eigenvalue weighted by Crippen LogP contribution is -2.01. The maximum absolute atomic E-state index is 11.8. The second-order valence-electron chi connectivity index (χ2n) is 4.19. The molecule has 0 bridgehead atoms. The second kappa shape index (κ2) is 2.84. The van der Waals surface area contributed by atoms with Crippen LogP contribution in [0.1, 0.15) is 28.8 Å². The Labute approximate surface area is 83.3 Å². The summed E-state index contributed by atoms with van der Waals surface area (Å²) in [6.07, 6.45) is 3.24. The van der Waals surface area contributed by atoms with Gasteiger partial charge in [-0.05, 0) is 43.0 Å². The first kappa shape index (κ1) is 8.04. The van der Waals surface area contributed by atoms with Crippen molar-refractivity contribution < 1.29 is 4.79 Å². The third kappa shape index (κ3) is 1.22. The molecule has 1 aromatic carbocycles. The number of benzene rings is 1. The molecule has 1 N–H and O–H groups in total. The molecule has 0 atom stereocenters. The van der Waals surface area contributed by atoms with Crippen LogP contribution in [0.5, 0.6) is 0 Å². The molecule has 1 heterocycles. The topological polar surface area (TPSA) is 29.1 Å². The van der Waals surface area contributed by atoms with E-state index in [4.69, 9.17) is 0 Å². The van der Waals surface area contributed by atoms with Crippen molar-refractivity contribution in [2.24, 2.45) is 5.92 Å². The summed E-state index contributed by atoms with van der Waals surface area (Å²) < 4.78 is 0. The molecule has 0 spiro atoms. The number of carbonyl (C=O) groups excluding carboxylic acids is 1. The standard InChI is InChI=1S/C12H13NO/c14-12(8-1-2-8)10-3-4-11-9(7-10)5-6-13-11/h3-4,7-8,13H,1-2,5-6H2. The van der Waals surface area contributed by atoms with E-state index in [1.165, 1.54) is 11.3 Å². The first-order chi connectivity index (χ1) is 6.84. The fraction of sp³-hybridized carbons (Fsp3) is 0.417. The lowest BCUT2D eigenvalue weighted by atomic mass is 10.0. The number of nitrogens with one attached hydrogen (secondary N) is 1. The minimum absolute atomic E-state index is 0.336. The predicted octanol–water partition coefficient (Wildman–Crippen LogP) is 2.25. The molecule has 0 radical (unpaired) electrons. The maximum Gasteiger partial charge on any atom is 0.165 e. The Morgan fingerprint density at radius 1 is 1.36 bits per heavy atom. The van der Waals surface area contributed by atoms with E-state index < -0.39 is 0 Å². The summed E-state index contributed by atoms with van der Waals surface area (Å²) in [5, 5.41) is 3.30. The van der Waals surface area contributed by atoms with Crippen molar-refractivity contribution >= 4 is 11.5 Å². The maximum atomic E-state index is 11.8. The van der Waals surface area contributed by atoms with Gasteiger partial charge in [0, 0.05) is 23.7 Å². The smallest absolute Gasteiger partial charge is 0.165 e. The van der Waals surface area contributed by atoms with E-state index in [0.29, 0.717) is 11.7 Å². The van der Waals surface area contributed by atoms with Gasteiger partial charge >= 0.3 is 0 Å². The molecule has 2 heteroatoms. The van der Waals surface area contributed by atoms with E-state index in [2.05, 4.69) is 11.4 Å². The van der Waals surface area contributed by atoms with Crippen LogP contribution in [0.15, 0.2) is 18.2 Å². The van der Waals surface area contributed by atoms with Crippen LogP contribution in [-0.4, -0.2) is 12.3 Å². The Hall–Kier alpha value is -1.31. The molecule has 14 heavy (non-hydrogen) atoms. The first-order valence-electron chi connectivity index (χ1n) is 5.25. The summed E-state index contributed by atoms with van der Waals surface area (Å²) in [7, 11) is 0. The monoisotopic (exact) mass is 187 g/mol. The second-order valence-corrected chi connectivity index (χ2v) is 4.19. The zero-order valence-electron chi connectivity index (χ0n) is 8.05. The van der Waals surface area contributed by atoms with E-state index in [1.807, 2.05) is 12.1 Å². The Morgan fingerprint density at radius 2 is 2.21 bits per heavy atom. The Morgan fingerprint density at radius 3 is 3.00 bits per heavy atom. The third-order valence-corrected chi connectivity index (χ3v) is 3.05. The van der Waals surface area contributed by atoms with Gasteiger partial charge < -0.3 is 5.32 Å². The molecule has 1 aliphatic heterocycles. The summed E-state index contributed by atoms with van der Waals surface area (Å²) in [6, 6.07) is 6.06. The minimum Gasteiger partial charge on any atom is -0.384 e. The number of hydrogen-bond acceptors (Lipinski definition) is 2. The van der Waals surface area contributed by atoms with Crippen LogP contribution in [0.2, 0.25) is 0 Å². The van der Waals surface area contributed by atoms with Crippen molar-refractivity contribution in [2.75, 3.05) is 11.9 Å². The van der Waals surface area contributed by atoms with Gasteiger partial charge in [0.25, 0.3) is 0 Å². The van der Waals surface area contributed by atoms with Gasteiger partial charge in [0.1, 0.15) is 0 Å². The molecule has 2 nitrogen and oxygen atoms in total. The summed E-state index contributed by atoms with van der Waals surface area (Å²) in [4.78, 5) is 11.8. The van der Waals surface area contributed by atoms with Crippen molar-refractivity contribution in [3.63, 3.8) is 0 Å². The number of fused-ring (bicyclic) bond motifs is 1. The molecule has 1 aliphatic carbocycles. The first-order valence-corrected chi connectivity index (χ1v) is 5.25. The van der Waals surface area contributed by atoms with E-state index >= 15 is 0 Å². The van der Waals surface area contributed by atoms with Gasteiger partial charge in [0.05, 0.1) is 0 Å². The van der Waals surface area contributed by atoms with Crippen LogP contribution < -0.4 is 5.32 Å². The summed E-state index contributed by atoms with van der Waals surface area (Å²) >= 11 is 0. The summed E-state index contributed by atoms with van der Waals surface area (Å²) in [5.74, 6) is 0.683. The molecule has 1 aromatic rings. The minimum atomic E-state index is 0.336. The number of Topliss-reactive ketones (excluding diaryl/α,β-unsaturated/α-hetero) is 1. The molecule has 3 rings (SSSR count). The normalized spacial score (nSPS) is 18.9. The molecule has 2 aliphatic rings. The molecule has 0 saturated heterocycles. The summed E-state index contributed by atoms with van der Waals surface area (Å²) in [5.41, 5.74) is 3.42. The van der Waals surface area contributed by atoms with Crippen molar-refractivity contribution in [1.82, 2.24) is 0 Å². The van der Waals surface area contributed by atoms with Crippen molar-refractivity contribution in [3.05, 3.63) is 29.3 Å². The molecule has 0 amide bonds. The van der Waals surface area contributed by atoms with E-state index in [9.17, 15) is 4.79 Å². The fourth-order valence-corrected chi connectivity index (χ4v) is 2.04. The summed E-state index contributed by atoms with van der Waals surface area (Å²) in [6.45, 7) is 1.01. The highest BCUT2D eigenvalue weighted by atomic mass is 16.1. The molecular formula is C12H13NO. The van der Waals surface area contributed by atoms with Gasteiger partial charge in [-0.25, -0.2) is 0 Å². The SMILES string of the molecule is O=C(c1ccc2c(c1)CCN2)C1CC1. The third-order valence-electron chi connectivity index (χ3n) is 3.05. The average molecular weight is 187 g/mol. The van der Waals surface area contributed by atoms with Crippen LogP contribution >= 0.6 is 0 Å². The Balaban J connectivity index is 1.95. The van der Waals surface area contributed by atoms with Crippen LogP contribution in [0.4, 0.5) is 5.69 Å². The molecule has 0 aromatic heterocycles. The number of hydrogen-bond donors (Lipinski definition) is 1. The van der Waals surface area contributed by atoms with Gasteiger partial charge in [-0.3, -0.25) is 4.79 Å². The number of anilines is 1. The number of ketones is 1. The number of rotatable bonds is 2. The van der Waals surface area contributed by atoms with Gasteiger partial charge in [0.2, 0.25) is 0 Å². The molecule has 1 fully saturated rings. The van der Waals surface area contributed by atoms with Crippen LogP contribution in [-0.2, 0) is 6.42 Å². The predicted molar refractivity (Wildman–Crippen MR) is 55.7 cm³/mol. The van der Waals surface area contributed by atoms with Crippen molar-refractivity contribution in [3.8, 4) is 0 Å². The van der Waals surface area contributed by atoms with Gasteiger partial charge in [-0.2, -0.15) is 0 Å². The van der Waals surface area contributed by atoms with Crippen molar-refractivity contribution in [1.29, 1.82) is 0 Å². The highest BCUT2D eigenvalue weighted by molar-refractivity contribution is 5.99. The van der Waals surface area contributed by atoms with E-state index in [1.54, 1.807) is 0 Å². The van der Waals surface area contributed by atoms with E-state index in [-0.39, 0.29) is 0 Å². The molecule has 1 saturated carbocycles. The molecule has 0 unspecified atom stereocenters. The number of carbonyl (C=O) groups is 1. The molecule has 72 valence electrons. The highest BCUT2D eigenvalue weighted by Gasteiger charge is 2.30. The van der Waals surface area contributed by atoms with Gasteiger partial charge in [0.15, 0.2) is 5.78 Å². The van der Waals surface area contributed by atoms with Gasteiger partial charge in [-0.15, -0.1) is 0 Å². The van der Waals surface area contributed by atoms with Gasteiger partial charge in [-0.1, -0.05) is 0 Å². The Kier molecular flexibility index (Phi) is 1.63. The zero-order chi connectivity index (χ0) is 9.54. The van der Waals surface area contributed by atoms with Crippen LogP contribution in [0, 0.1) is 5.92 Å². The quantitative estimate of drug-likeness (QED) is 0.719. The molecular weight excluding hydrogens is 174 g/mol. The fourth-order valence-electron chi connectivity index (χ4n) is 2.04. The van der Waals surface area contributed by atoms with Crippen LogP contribution in [0.25, 0.3) is 0 Å². The van der Waals surface area contributed by atoms with Crippen molar-refractivity contribution in [2.45, 2.75) is 19.3 Å². The van der Waals surface area contributed by atoms with Crippen LogP contribution in [0.3, 0.4) is 0 Å². The lowest BCUT2D eigenvalue weighted by molar-refractivity contribution is 0.0967. The highest BCUT2D eigenvalue weighted by Crippen LogP contribution is 2.34. The largest absolute Gasteiger partial charge is 0.384 e. The van der Waals surface area contributed by atoms with E-state index in [0.717, 1.165) is 31.4 Å². The Bertz CT molecular complexity index is 393. The lowest BCUT2D eigenvalue weighted by Gasteiger charge is -2.02. The zero-order valence-corrected chi connectivity index (χ0v) is 8.05.